The van der Waals surface area contributed by atoms with Gasteiger partial charge in [-0.25, -0.2) is 9.78 Å². The van der Waals surface area contributed by atoms with E-state index in [2.05, 4.69) is 15.6 Å². The molecule has 1 saturated carbocycles. The molecule has 4 rings (SSSR count). The van der Waals surface area contributed by atoms with Gasteiger partial charge in [0.1, 0.15) is 5.03 Å². The van der Waals surface area contributed by atoms with Crippen LogP contribution >= 0.6 is 11.8 Å². The Labute approximate surface area is 189 Å². The molecule has 0 spiro atoms. The number of fused-ring (bicyclic) bond motifs is 1. The largest absolute Gasteiger partial charge is 0.454 e. The number of hydrogen-bond donors (Lipinski definition) is 2. The highest BCUT2D eigenvalue weighted by Crippen LogP contribution is 2.34. The number of pyridine rings is 1. The van der Waals surface area contributed by atoms with Crippen LogP contribution in [0, 0.1) is 5.92 Å². The third kappa shape index (κ3) is 5.70. The lowest BCUT2D eigenvalue weighted by Gasteiger charge is -2.13. The van der Waals surface area contributed by atoms with Crippen molar-refractivity contribution in [3.63, 3.8) is 0 Å². The van der Waals surface area contributed by atoms with Crippen LogP contribution in [0.4, 0.5) is 5.69 Å². The Hall–Kier alpha value is -3.27. The summed E-state index contributed by atoms with van der Waals surface area (Å²) in [6, 6.07) is 8.35. The predicted octanol–water partition coefficient (Wildman–Crippen LogP) is 2.61. The van der Waals surface area contributed by atoms with Crippen molar-refractivity contribution in [1.29, 1.82) is 0 Å². The van der Waals surface area contributed by atoms with Gasteiger partial charge in [0.25, 0.3) is 5.91 Å². The minimum Gasteiger partial charge on any atom is -0.454 e. The molecule has 1 aliphatic heterocycles. The smallest absolute Gasteiger partial charge is 0.341 e. The number of ether oxygens (including phenoxy) is 3. The zero-order valence-corrected chi connectivity index (χ0v) is 18.3. The number of nitrogens with one attached hydrogen (secondary N) is 2. The van der Waals surface area contributed by atoms with E-state index < -0.39 is 5.97 Å². The predicted molar refractivity (Wildman–Crippen MR) is 117 cm³/mol. The van der Waals surface area contributed by atoms with Gasteiger partial charge in [0.15, 0.2) is 18.1 Å². The Balaban J connectivity index is 1.28. The van der Waals surface area contributed by atoms with Gasteiger partial charge in [-0.3, -0.25) is 9.59 Å². The minimum absolute atomic E-state index is 0.0329. The lowest BCUT2D eigenvalue weighted by atomic mass is 10.2. The number of anilines is 1. The fourth-order valence-electron chi connectivity index (χ4n) is 3.18. The van der Waals surface area contributed by atoms with Gasteiger partial charge in [-0.15, -0.1) is 0 Å². The maximum atomic E-state index is 12.5. The van der Waals surface area contributed by atoms with E-state index in [1.54, 1.807) is 30.3 Å². The molecule has 1 unspecified atom stereocenters. The van der Waals surface area contributed by atoms with Gasteiger partial charge in [0, 0.05) is 24.0 Å². The Morgan fingerprint density at radius 3 is 2.81 bits per heavy atom. The first kappa shape index (κ1) is 21.9. The monoisotopic (exact) mass is 457 g/mol. The van der Waals surface area contributed by atoms with Gasteiger partial charge in [-0.05, 0) is 49.9 Å². The van der Waals surface area contributed by atoms with E-state index in [1.165, 1.54) is 6.20 Å². The van der Waals surface area contributed by atoms with Crippen molar-refractivity contribution in [3.8, 4) is 11.5 Å². The lowest BCUT2D eigenvalue weighted by molar-refractivity contribution is -0.125. The molecule has 1 aromatic heterocycles. The summed E-state index contributed by atoms with van der Waals surface area (Å²) in [6.45, 7) is 1.74. The normalized spacial score (nSPS) is 15.0. The van der Waals surface area contributed by atoms with Gasteiger partial charge in [0.2, 0.25) is 12.7 Å². The third-order valence-corrected chi connectivity index (χ3v) is 6.04. The van der Waals surface area contributed by atoms with Crippen molar-refractivity contribution in [2.45, 2.75) is 30.8 Å². The van der Waals surface area contributed by atoms with Crippen molar-refractivity contribution in [2.24, 2.45) is 5.92 Å². The summed E-state index contributed by atoms with van der Waals surface area (Å²) in [6.07, 6.45) is 3.75. The van der Waals surface area contributed by atoms with Gasteiger partial charge in [-0.1, -0.05) is 11.8 Å². The molecule has 2 aromatic rings. The fourth-order valence-corrected chi connectivity index (χ4v) is 3.97. The standard InChI is InChI=1S/C22H23N3O6S/c1-13(14-4-5-14)24-19(26)10-29-22(28)16-3-2-8-23-21(16)32-11-20(27)25-15-6-7-17-18(9-15)31-12-30-17/h2-3,6-9,13-14H,4-5,10-12H2,1H3,(H,24,26)(H,25,27). The minimum atomic E-state index is -0.661. The van der Waals surface area contributed by atoms with Crippen molar-refractivity contribution in [2.75, 3.05) is 24.5 Å². The lowest BCUT2D eigenvalue weighted by Crippen LogP contribution is -2.37. The van der Waals surface area contributed by atoms with Crippen molar-refractivity contribution in [3.05, 3.63) is 42.1 Å². The number of hydrogen-bond acceptors (Lipinski definition) is 8. The summed E-state index contributed by atoms with van der Waals surface area (Å²) in [5.41, 5.74) is 0.781. The summed E-state index contributed by atoms with van der Waals surface area (Å²) >= 11 is 1.10. The Morgan fingerprint density at radius 1 is 1.19 bits per heavy atom. The average molecular weight is 458 g/mol. The molecule has 2 heterocycles. The van der Waals surface area contributed by atoms with Crippen LogP contribution in [0.1, 0.15) is 30.1 Å². The van der Waals surface area contributed by atoms with Crippen molar-refractivity contribution >= 4 is 35.2 Å². The molecule has 9 nitrogen and oxygen atoms in total. The summed E-state index contributed by atoms with van der Waals surface area (Å²) in [5.74, 6) is 0.480. The topological polar surface area (TPSA) is 116 Å². The molecule has 2 N–H and O–H groups in total. The molecule has 2 aliphatic rings. The molecule has 2 amide bonds. The summed E-state index contributed by atoms with van der Waals surface area (Å²) in [4.78, 5) is 41.0. The maximum absolute atomic E-state index is 12.5. The number of nitrogens with zero attached hydrogens (tertiary/aromatic N) is 1. The second-order valence-electron chi connectivity index (χ2n) is 7.53. The van der Waals surface area contributed by atoms with E-state index >= 15 is 0 Å². The second kappa shape index (κ2) is 9.90. The van der Waals surface area contributed by atoms with E-state index in [1.807, 2.05) is 6.92 Å². The highest BCUT2D eigenvalue weighted by atomic mass is 32.2. The second-order valence-corrected chi connectivity index (χ2v) is 8.49. The first-order valence-electron chi connectivity index (χ1n) is 10.2. The summed E-state index contributed by atoms with van der Waals surface area (Å²) in [7, 11) is 0. The SMILES string of the molecule is CC(NC(=O)COC(=O)c1cccnc1SCC(=O)Nc1ccc2c(c1)OCO2)C1CC1. The molecule has 32 heavy (non-hydrogen) atoms. The average Bonchev–Trinajstić information content (AvgIpc) is 3.54. The zero-order valence-electron chi connectivity index (χ0n) is 17.5. The number of benzene rings is 1. The number of carbonyl (C=O) groups is 3. The molecule has 168 valence electrons. The summed E-state index contributed by atoms with van der Waals surface area (Å²) in [5, 5.41) is 5.96. The Morgan fingerprint density at radius 2 is 2.00 bits per heavy atom. The number of carbonyl (C=O) groups excluding carboxylic acids is 3. The summed E-state index contributed by atoms with van der Waals surface area (Å²) < 4.78 is 15.7. The number of amides is 2. The number of aromatic nitrogens is 1. The van der Waals surface area contributed by atoms with E-state index in [4.69, 9.17) is 14.2 Å². The van der Waals surface area contributed by atoms with Gasteiger partial charge in [-0.2, -0.15) is 0 Å². The Bertz CT molecular complexity index is 1030. The van der Waals surface area contributed by atoms with Crippen LogP contribution in [0.15, 0.2) is 41.6 Å². The Kier molecular flexibility index (Phi) is 6.79. The van der Waals surface area contributed by atoms with Crippen LogP contribution in [0.2, 0.25) is 0 Å². The van der Waals surface area contributed by atoms with Crippen LogP contribution in [0.3, 0.4) is 0 Å². The van der Waals surface area contributed by atoms with E-state index in [0.717, 1.165) is 24.6 Å². The number of rotatable bonds is 9. The first-order chi connectivity index (χ1) is 15.5. The van der Waals surface area contributed by atoms with Crippen molar-refractivity contribution < 1.29 is 28.6 Å². The van der Waals surface area contributed by atoms with Gasteiger partial charge in [0.05, 0.1) is 11.3 Å². The number of esters is 1. The zero-order chi connectivity index (χ0) is 22.5. The van der Waals surface area contributed by atoms with E-state index in [-0.39, 0.29) is 42.6 Å². The van der Waals surface area contributed by atoms with Crippen molar-refractivity contribution in [1.82, 2.24) is 10.3 Å². The molecule has 10 heteroatoms. The first-order valence-corrected chi connectivity index (χ1v) is 11.2. The highest BCUT2D eigenvalue weighted by Gasteiger charge is 2.29. The van der Waals surface area contributed by atoms with E-state index in [0.29, 0.717) is 28.1 Å². The number of thioether (sulfide) groups is 1. The molecule has 1 atom stereocenters. The van der Waals surface area contributed by atoms with Crippen LogP contribution in [0.25, 0.3) is 0 Å². The van der Waals surface area contributed by atoms with Crippen LogP contribution in [-0.4, -0.2) is 48.0 Å². The van der Waals surface area contributed by atoms with Crippen LogP contribution in [0.5, 0.6) is 11.5 Å². The third-order valence-electron chi connectivity index (χ3n) is 5.04. The molecule has 0 bridgehead atoms. The quantitative estimate of drug-likeness (QED) is 0.436. The van der Waals surface area contributed by atoms with Gasteiger partial charge >= 0.3 is 5.97 Å². The molecule has 1 aliphatic carbocycles. The fraction of sp³-hybridized carbons (Fsp3) is 0.364. The molecular weight excluding hydrogens is 434 g/mol. The van der Waals surface area contributed by atoms with E-state index in [9.17, 15) is 14.4 Å². The highest BCUT2D eigenvalue weighted by molar-refractivity contribution is 8.00. The van der Waals surface area contributed by atoms with Gasteiger partial charge < -0.3 is 24.8 Å². The van der Waals surface area contributed by atoms with Crippen LogP contribution in [-0.2, 0) is 14.3 Å². The molecule has 0 saturated heterocycles. The maximum Gasteiger partial charge on any atom is 0.341 e. The molecule has 1 fully saturated rings. The molecule has 1 aromatic carbocycles. The van der Waals surface area contributed by atoms with Crippen LogP contribution < -0.4 is 20.1 Å². The molecule has 0 radical (unpaired) electrons. The molecular formula is C22H23N3O6S.